The lowest BCUT2D eigenvalue weighted by atomic mass is 10.1. The van der Waals surface area contributed by atoms with Crippen LogP contribution in [0.4, 0.5) is 5.69 Å². The molecule has 1 aromatic carbocycles. The lowest BCUT2D eigenvalue weighted by molar-refractivity contribution is -0.00461. The molecule has 106 valence electrons. The Kier molecular flexibility index (Phi) is 4.63. The first-order chi connectivity index (χ1) is 9.17. The summed E-state index contributed by atoms with van der Waals surface area (Å²) in [6.07, 6.45) is 0.258. The van der Waals surface area contributed by atoms with Crippen LogP contribution in [0.15, 0.2) is 18.2 Å². The summed E-state index contributed by atoms with van der Waals surface area (Å²) in [7, 11) is 5.09. The van der Waals surface area contributed by atoms with Crippen LogP contribution in [0.5, 0.6) is 5.75 Å². The molecule has 5 heteroatoms. The molecule has 19 heavy (non-hydrogen) atoms. The number of nitrogens with zero attached hydrogens (tertiary/aromatic N) is 1. The Morgan fingerprint density at radius 2 is 1.79 bits per heavy atom. The van der Waals surface area contributed by atoms with Gasteiger partial charge in [0.15, 0.2) is 0 Å². The second-order valence-electron chi connectivity index (χ2n) is 4.81. The third-order valence-electron chi connectivity index (χ3n) is 3.64. The molecule has 1 heterocycles. The Morgan fingerprint density at radius 3 is 2.26 bits per heavy atom. The maximum atomic E-state index is 6.04. The fourth-order valence-corrected chi connectivity index (χ4v) is 2.49. The molecule has 1 saturated heterocycles. The molecule has 0 saturated carbocycles. The van der Waals surface area contributed by atoms with E-state index in [4.69, 9.17) is 19.9 Å². The largest absolute Gasteiger partial charge is 0.497 e. The minimum atomic E-state index is 0.129. The van der Waals surface area contributed by atoms with Gasteiger partial charge in [-0.15, -0.1) is 0 Å². The van der Waals surface area contributed by atoms with E-state index >= 15 is 0 Å². The SMILES string of the molecule is COc1ccc(CN2CC(OC)C(OC)C2)c(N)c1. The summed E-state index contributed by atoms with van der Waals surface area (Å²) in [5.74, 6) is 0.784. The highest BCUT2D eigenvalue weighted by Crippen LogP contribution is 2.24. The monoisotopic (exact) mass is 266 g/mol. The van der Waals surface area contributed by atoms with E-state index in [9.17, 15) is 0 Å². The van der Waals surface area contributed by atoms with Crippen molar-refractivity contribution in [3.8, 4) is 5.75 Å². The number of likely N-dealkylation sites (tertiary alicyclic amines) is 1. The molecule has 0 aliphatic carbocycles. The molecule has 0 bridgehead atoms. The van der Waals surface area contributed by atoms with E-state index in [0.717, 1.165) is 36.6 Å². The van der Waals surface area contributed by atoms with Crippen molar-refractivity contribution in [3.05, 3.63) is 23.8 Å². The number of methoxy groups -OCH3 is 3. The van der Waals surface area contributed by atoms with Gasteiger partial charge in [-0.1, -0.05) is 6.07 Å². The molecule has 0 aromatic heterocycles. The summed E-state index contributed by atoms with van der Waals surface area (Å²) in [6.45, 7) is 2.52. The van der Waals surface area contributed by atoms with Gasteiger partial charge in [0, 0.05) is 45.6 Å². The van der Waals surface area contributed by atoms with Crippen molar-refractivity contribution in [3.63, 3.8) is 0 Å². The topological polar surface area (TPSA) is 57.0 Å². The van der Waals surface area contributed by atoms with Gasteiger partial charge in [0.25, 0.3) is 0 Å². The average molecular weight is 266 g/mol. The number of nitrogens with two attached hydrogens (primary N) is 1. The van der Waals surface area contributed by atoms with E-state index in [-0.39, 0.29) is 12.2 Å². The molecule has 2 N–H and O–H groups in total. The summed E-state index contributed by atoms with van der Waals surface area (Å²) in [5.41, 5.74) is 7.90. The van der Waals surface area contributed by atoms with E-state index < -0.39 is 0 Å². The van der Waals surface area contributed by atoms with Gasteiger partial charge in [0.2, 0.25) is 0 Å². The van der Waals surface area contributed by atoms with Crippen molar-refractivity contribution in [2.75, 3.05) is 40.2 Å². The van der Waals surface area contributed by atoms with Crippen LogP contribution in [0.1, 0.15) is 5.56 Å². The standard InChI is InChI=1S/C14H22N2O3/c1-17-11-5-4-10(12(15)6-11)7-16-8-13(18-2)14(9-16)19-3/h4-6,13-14H,7-9,15H2,1-3H3. The van der Waals surface area contributed by atoms with E-state index in [1.165, 1.54) is 0 Å². The molecule has 0 spiro atoms. The second kappa shape index (κ2) is 6.23. The van der Waals surface area contributed by atoms with Crippen LogP contribution in [0.25, 0.3) is 0 Å². The quantitative estimate of drug-likeness (QED) is 0.809. The summed E-state index contributed by atoms with van der Waals surface area (Å²) in [6, 6.07) is 5.80. The van der Waals surface area contributed by atoms with Crippen LogP contribution in [0.3, 0.4) is 0 Å². The summed E-state index contributed by atoms with van der Waals surface area (Å²) < 4.78 is 16.0. The third-order valence-corrected chi connectivity index (χ3v) is 3.64. The van der Waals surface area contributed by atoms with Crippen molar-refractivity contribution in [1.29, 1.82) is 0 Å². The molecular weight excluding hydrogens is 244 g/mol. The van der Waals surface area contributed by atoms with Crippen molar-refractivity contribution in [2.45, 2.75) is 18.8 Å². The smallest absolute Gasteiger partial charge is 0.120 e. The number of nitrogen functional groups attached to an aromatic ring is 1. The molecular formula is C14H22N2O3. The van der Waals surface area contributed by atoms with Crippen molar-refractivity contribution in [2.24, 2.45) is 0 Å². The third kappa shape index (κ3) is 3.18. The molecule has 2 rings (SSSR count). The predicted octanol–water partition coefficient (Wildman–Crippen LogP) is 1.12. The normalized spacial score (nSPS) is 23.7. The van der Waals surface area contributed by atoms with Crippen molar-refractivity contribution in [1.82, 2.24) is 4.90 Å². The lowest BCUT2D eigenvalue weighted by Gasteiger charge is -2.17. The maximum Gasteiger partial charge on any atom is 0.120 e. The van der Waals surface area contributed by atoms with Crippen molar-refractivity contribution < 1.29 is 14.2 Å². The van der Waals surface area contributed by atoms with Crippen LogP contribution >= 0.6 is 0 Å². The number of ether oxygens (including phenoxy) is 3. The Morgan fingerprint density at radius 1 is 1.16 bits per heavy atom. The Balaban J connectivity index is 2.02. The van der Waals surface area contributed by atoms with Crippen LogP contribution in [-0.2, 0) is 16.0 Å². The van der Waals surface area contributed by atoms with E-state index in [0.29, 0.717) is 0 Å². The van der Waals surface area contributed by atoms with Crippen molar-refractivity contribution >= 4 is 5.69 Å². The Labute approximate surface area is 114 Å². The number of hydrogen-bond donors (Lipinski definition) is 1. The van der Waals surface area contributed by atoms with Crippen LogP contribution < -0.4 is 10.5 Å². The number of hydrogen-bond acceptors (Lipinski definition) is 5. The zero-order valence-electron chi connectivity index (χ0n) is 11.8. The van der Waals surface area contributed by atoms with E-state index in [2.05, 4.69) is 4.90 Å². The van der Waals surface area contributed by atoms with Gasteiger partial charge < -0.3 is 19.9 Å². The van der Waals surface area contributed by atoms with Gasteiger partial charge in [-0.05, 0) is 11.6 Å². The highest BCUT2D eigenvalue weighted by atomic mass is 16.5. The number of rotatable bonds is 5. The van der Waals surface area contributed by atoms with E-state index in [1.54, 1.807) is 21.3 Å². The maximum absolute atomic E-state index is 6.04. The van der Waals surface area contributed by atoms with E-state index in [1.807, 2.05) is 18.2 Å². The van der Waals surface area contributed by atoms with Gasteiger partial charge >= 0.3 is 0 Å². The zero-order valence-corrected chi connectivity index (χ0v) is 11.8. The lowest BCUT2D eigenvalue weighted by Crippen LogP contribution is -2.27. The predicted molar refractivity (Wildman–Crippen MR) is 74.3 cm³/mol. The fraction of sp³-hybridized carbons (Fsp3) is 0.571. The molecule has 1 fully saturated rings. The molecule has 0 amide bonds. The average Bonchev–Trinajstić information content (AvgIpc) is 2.83. The van der Waals surface area contributed by atoms with Crippen LogP contribution in [-0.4, -0.2) is 51.5 Å². The van der Waals surface area contributed by atoms with Gasteiger partial charge in [0.05, 0.1) is 19.3 Å². The van der Waals surface area contributed by atoms with Gasteiger partial charge in [-0.25, -0.2) is 0 Å². The molecule has 2 unspecified atom stereocenters. The molecule has 1 aliphatic heterocycles. The molecule has 2 atom stereocenters. The van der Waals surface area contributed by atoms with Crippen LogP contribution in [0.2, 0.25) is 0 Å². The number of anilines is 1. The second-order valence-corrected chi connectivity index (χ2v) is 4.81. The molecule has 0 radical (unpaired) electrons. The highest BCUT2D eigenvalue weighted by molar-refractivity contribution is 5.51. The van der Waals surface area contributed by atoms with Crippen LogP contribution in [0, 0.1) is 0 Å². The highest BCUT2D eigenvalue weighted by Gasteiger charge is 2.32. The van der Waals surface area contributed by atoms with Gasteiger partial charge in [0.1, 0.15) is 5.75 Å². The van der Waals surface area contributed by atoms with Gasteiger partial charge in [-0.3, -0.25) is 4.90 Å². The molecule has 1 aliphatic rings. The fourth-order valence-electron chi connectivity index (χ4n) is 2.49. The minimum Gasteiger partial charge on any atom is -0.497 e. The summed E-state index contributed by atoms with van der Waals surface area (Å²) >= 11 is 0. The first-order valence-electron chi connectivity index (χ1n) is 6.38. The first kappa shape index (κ1) is 14.1. The molecule has 1 aromatic rings. The Bertz CT molecular complexity index is 413. The molecule has 5 nitrogen and oxygen atoms in total. The number of benzene rings is 1. The summed E-state index contributed by atoms with van der Waals surface area (Å²) in [5, 5.41) is 0. The first-order valence-corrected chi connectivity index (χ1v) is 6.38. The summed E-state index contributed by atoms with van der Waals surface area (Å²) in [4.78, 5) is 2.29. The minimum absolute atomic E-state index is 0.129. The zero-order chi connectivity index (χ0) is 13.8. The van der Waals surface area contributed by atoms with Gasteiger partial charge in [-0.2, -0.15) is 0 Å². The Hall–Kier alpha value is -1.30.